The third kappa shape index (κ3) is 10.2. The Kier molecular flexibility index (Phi) is 13.4. The minimum atomic E-state index is -1.01. The Bertz CT molecular complexity index is 2420. The summed E-state index contributed by atoms with van der Waals surface area (Å²) >= 11 is 1.85. The van der Waals surface area contributed by atoms with Gasteiger partial charge in [-0.05, 0) is 115 Å². The lowest BCUT2D eigenvalue weighted by Crippen LogP contribution is -2.27. The van der Waals surface area contributed by atoms with Crippen LogP contribution in [0.4, 0.5) is 11.4 Å². The maximum atomic E-state index is 12.3. The van der Waals surface area contributed by atoms with Crippen molar-refractivity contribution in [3.8, 4) is 23.7 Å². The van der Waals surface area contributed by atoms with Crippen LogP contribution in [0.3, 0.4) is 0 Å². The fourth-order valence-electron chi connectivity index (χ4n) is 6.28. The summed E-state index contributed by atoms with van der Waals surface area (Å²) in [6, 6.07) is 19.9. The number of benzene rings is 4. The van der Waals surface area contributed by atoms with Crippen LogP contribution in [0.2, 0.25) is 0 Å². The predicted octanol–water partition coefficient (Wildman–Crippen LogP) is 8.90. The topological polar surface area (TPSA) is 156 Å². The van der Waals surface area contributed by atoms with Crippen LogP contribution in [0.15, 0.2) is 82.6 Å². The molecule has 0 aromatic heterocycles. The van der Waals surface area contributed by atoms with Gasteiger partial charge in [-0.1, -0.05) is 51.4 Å². The second-order valence-electron chi connectivity index (χ2n) is 14.5. The molecule has 0 spiro atoms. The van der Waals surface area contributed by atoms with E-state index in [1.165, 1.54) is 46.9 Å². The average molecular weight is 807 g/mol. The molecular weight excluding hydrogens is 765 g/mol. The van der Waals surface area contributed by atoms with E-state index in [4.69, 9.17) is 9.47 Å². The largest absolute Gasteiger partial charge is 0.462 e. The highest BCUT2D eigenvalue weighted by Gasteiger charge is 2.31. The third-order valence-corrected chi connectivity index (χ3v) is 12.2. The molecule has 57 heavy (non-hydrogen) atoms. The summed E-state index contributed by atoms with van der Waals surface area (Å²) in [7, 11) is -1.01. The Morgan fingerprint density at radius 2 is 1.19 bits per heavy atom. The molecule has 0 amide bonds. The smallest absolute Gasteiger partial charge is 0.338 e. The van der Waals surface area contributed by atoms with E-state index in [9.17, 15) is 34.0 Å². The summed E-state index contributed by atoms with van der Waals surface area (Å²) in [4.78, 5) is 47.5. The second-order valence-corrected chi connectivity index (χ2v) is 17.2. The molecule has 294 valence electrons. The maximum absolute atomic E-state index is 12.3. The SMILES string of the molecule is CCOC(=O)c1ccc(C#Cc2ccc3c(c2)C(C)(C)CCS3)c([N+](=O)[O-])c1.CCOC(=O)c1ccc(C#Cc2ccc3c(c2)C(C)(C)CCS3=O)c([N+](=O)[O-])c1. The number of ether oxygens (including phenoxy) is 2. The first kappa shape index (κ1) is 42.4. The summed E-state index contributed by atoms with van der Waals surface area (Å²) in [5.41, 5.74) is 4.05. The van der Waals surface area contributed by atoms with Crippen molar-refractivity contribution in [1.82, 2.24) is 0 Å². The molecule has 2 aliphatic rings. The summed E-state index contributed by atoms with van der Waals surface area (Å²) in [6.07, 6.45) is 1.92. The van der Waals surface area contributed by atoms with Gasteiger partial charge in [-0.15, -0.1) is 11.8 Å². The lowest BCUT2D eigenvalue weighted by Gasteiger charge is -2.32. The number of nitro benzene ring substituents is 2. The second kappa shape index (κ2) is 18.0. The van der Waals surface area contributed by atoms with Gasteiger partial charge in [0.25, 0.3) is 11.4 Å². The minimum Gasteiger partial charge on any atom is -0.462 e. The van der Waals surface area contributed by atoms with E-state index < -0.39 is 32.6 Å². The van der Waals surface area contributed by atoms with E-state index in [0.29, 0.717) is 11.3 Å². The van der Waals surface area contributed by atoms with Crippen molar-refractivity contribution < 1.29 is 33.1 Å². The molecular formula is C44H42N2O9S2. The molecule has 1 unspecified atom stereocenters. The Morgan fingerprint density at radius 1 is 0.702 bits per heavy atom. The normalized spacial score (nSPS) is 15.6. The van der Waals surface area contributed by atoms with Gasteiger partial charge in [0, 0.05) is 38.8 Å². The first-order chi connectivity index (χ1) is 27.0. The summed E-state index contributed by atoms with van der Waals surface area (Å²) in [6.45, 7) is 12.4. The number of nitro groups is 2. The number of nitrogens with zero attached hydrogens (tertiary/aromatic N) is 2. The zero-order chi connectivity index (χ0) is 41.5. The molecule has 11 nitrogen and oxygen atoms in total. The van der Waals surface area contributed by atoms with E-state index >= 15 is 0 Å². The molecule has 6 rings (SSSR count). The zero-order valence-electron chi connectivity index (χ0n) is 32.6. The number of carbonyl (C=O) groups is 2. The number of thioether (sulfide) groups is 1. The van der Waals surface area contributed by atoms with Crippen LogP contribution in [0.25, 0.3) is 0 Å². The molecule has 0 bridgehead atoms. The maximum Gasteiger partial charge on any atom is 0.338 e. The molecule has 2 heterocycles. The lowest BCUT2D eigenvalue weighted by atomic mass is 9.81. The molecule has 4 aromatic carbocycles. The summed E-state index contributed by atoms with van der Waals surface area (Å²) in [5, 5.41) is 22.9. The Labute approximate surface area is 338 Å². The van der Waals surface area contributed by atoms with Gasteiger partial charge in [-0.2, -0.15) is 0 Å². The average Bonchev–Trinajstić information content (AvgIpc) is 3.18. The van der Waals surface area contributed by atoms with Crippen molar-refractivity contribution >= 4 is 45.9 Å². The van der Waals surface area contributed by atoms with Crippen molar-refractivity contribution in [2.75, 3.05) is 24.7 Å². The van der Waals surface area contributed by atoms with Crippen LogP contribution >= 0.6 is 11.8 Å². The molecule has 0 radical (unpaired) electrons. The van der Waals surface area contributed by atoms with Gasteiger partial charge in [0.15, 0.2) is 0 Å². The molecule has 4 aromatic rings. The Balaban J connectivity index is 0.000000218. The number of carbonyl (C=O) groups excluding carboxylic acids is 2. The highest BCUT2D eigenvalue weighted by molar-refractivity contribution is 7.99. The minimum absolute atomic E-state index is 0.0888. The van der Waals surface area contributed by atoms with E-state index in [1.54, 1.807) is 19.9 Å². The van der Waals surface area contributed by atoms with Gasteiger partial charge in [0.2, 0.25) is 0 Å². The van der Waals surface area contributed by atoms with Crippen molar-refractivity contribution in [3.63, 3.8) is 0 Å². The molecule has 0 saturated heterocycles. The van der Waals surface area contributed by atoms with Crippen LogP contribution in [0.5, 0.6) is 0 Å². The molecule has 0 fully saturated rings. The molecule has 1 atom stereocenters. The fraction of sp³-hybridized carbons (Fsp3) is 0.318. The first-order valence-corrected chi connectivity index (χ1v) is 20.6. The number of rotatable bonds is 6. The van der Waals surface area contributed by atoms with E-state index in [2.05, 4.69) is 63.5 Å². The van der Waals surface area contributed by atoms with Crippen molar-refractivity contribution in [2.45, 2.75) is 75.0 Å². The van der Waals surface area contributed by atoms with Gasteiger partial charge in [-0.3, -0.25) is 24.4 Å². The fourth-order valence-corrected chi connectivity index (χ4v) is 9.48. The number of fused-ring (bicyclic) bond motifs is 2. The van der Waals surface area contributed by atoms with Crippen LogP contribution in [-0.2, 0) is 31.1 Å². The number of hydrogen-bond acceptors (Lipinski definition) is 10. The summed E-state index contributed by atoms with van der Waals surface area (Å²) < 4.78 is 22.1. The van der Waals surface area contributed by atoms with E-state index in [-0.39, 0.29) is 57.7 Å². The highest BCUT2D eigenvalue weighted by Crippen LogP contribution is 2.42. The lowest BCUT2D eigenvalue weighted by molar-refractivity contribution is -0.385. The van der Waals surface area contributed by atoms with Crippen LogP contribution < -0.4 is 0 Å². The van der Waals surface area contributed by atoms with Gasteiger partial charge in [0.05, 0.1) is 45.0 Å². The van der Waals surface area contributed by atoms with Crippen LogP contribution in [-0.4, -0.2) is 50.7 Å². The van der Waals surface area contributed by atoms with E-state index in [0.717, 1.165) is 34.6 Å². The van der Waals surface area contributed by atoms with E-state index in [1.807, 2.05) is 30.0 Å². The van der Waals surface area contributed by atoms with Gasteiger partial charge < -0.3 is 9.47 Å². The zero-order valence-corrected chi connectivity index (χ0v) is 34.2. The van der Waals surface area contributed by atoms with Gasteiger partial charge in [-0.25, -0.2) is 9.59 Å². The predicted molar refractivity (Wildman–Crippen MR) is 220 cm³/mol. The quantitative estimate of drug-likeness (QED) is 0.0798. The highest BCUT2D eigenvalue weighted by atomic mass is 32.2. The Hall–Kier alpha value is -5.76. The summed E-state index contributed by atoms with van der Waals surface area (Å²) in [5.74, 6) is 12.3. The van der Waals surface area contributed by atoms with Crippen LogP contribution in [0.1, 0.15) is 108 Å². The van der Waals surface area contributed by atoms with Crippen LogP contribution in [0, 0.1) is 43.9 Å². The molecule has 13 heteroatoms. The third-order valence-electron chi connectivity index (χ3n) is 9.65. The molecule has 2 aliphatic heterocycles. The number of esters is 2. The molecule has 0 N–H and O–H groups in total. The first-order valence-electron chi connectivity index (χ1n) is 18.3. The molecule has 0 aliphatic carbocycles. The van der Waals surface area contributed by atoms with Crippen molar-refractivity contribution in [1.29, 1.82) is 0 Å². The number of hydrogen-bond donors (Lipinski definition) is 0. The monoisotopic (exact) mass is 806 g/mol. The Morgan fingerprint density at radius 3 is 1.70 bits per heavy atom. The van der Waals surface area contributed by atoms with Gasteiger partial charge in [0.1, 0.15) is 11.1 Å². The molecule has 0 saturated carbocycles. The van der Waals surface area contributed by atoms with Crippen molar-refractivity contribution in [3.05, 3.63) is 138 Å². The van der Waals surface area contributed by atoms with Crippen molar-refractivity contribution in [2.24, 2.45) is 0 Å². The standard InChI is InChI=1S/C22H21NO5S.C22H21NO4S/c1-4-28-21(24)17-9-8-16(19(14-17)23(25)26)7-5-15-6-10-20-18(13-15)22(2,3)11-12-29(20)27;1-4-27-21(24)17-9-8-16(19(14-17)23(25)26)7-5-15-6-10-20-18(13-15)22(2,3)11-12-28-20/h6,8-10,13-14H,4,11-12H2,1-3H3;6,8-10,13-14H,4,11-12H2,1-3H3. The van der Waals surface area contributed by atoms with Gasteiger partial charge >= 0.3 is 11.9 Å².